The van der Waals surface area contributed by atoms with Gasteiger partial charge in [0.25, 0.3) is 0 Å². The van der Waals surface area contributed by atoms with Crippen LogP contribution in [0.1, 0.15) is 19.8 Å². The van der Waals surface area contributed by atoms with Crippen LogP contribution in [0, 0.1) is 12.3 Å². The van der Waals surface area contributed by atoms with E-state index in [1.54, 1.807) is 7.11 Å². The summed E-state index contributed by atoms with van der Waals surface area (Å²) in [5.74, 6) is 2.74. The second kappa shape index (κ2) is 7.67. The lowest BCUT2D eigenvalue weighted by Crippen LogP contribution is -2.53. The van der Waals surface area contributed by atoms with Crippen molar-refractivity contribution in [3.8, 4) is 12.3 Å². The molecule has 1 aliphatic heterocycles. The average molecular weight is 224 g/mol. The van der Waals surface area contributed by atoms with Gasteiger partial charge in [-0.3, -0.25) is 9.80 Å². The molecule has 1 aliphatic rings. The number of nitrogens with zero attached hydrogens (tertiary/aromatic N) is 2. The molecular weight excluding hydrogens is 200 g/mol. The summed E-state index contributed by atoms with van der Waals surface area (Å²) in [6.07, 6.45) is 7.86. The minimum absolute atomic E-state index is 0.655. The summed E-state index contributed by atoms with van der Waals surface area (Å²) in [5.41, 5.74) is 0. The largest absolute Gasteiger partial charge is 0.383 e. The first-order chi connectivity index (χ1) is 7.81. The van der Waals surface area contributed by atoms with Crippen molar-refractivity contribution in [1.29, 1.82) is 0 Å². The second-order valence-electron chi connectivity index (χ2n) is 4.41. The van der Waals surface area contributed by atoms with Gasteiger partial charge in [-0.1, -0.05) is 19.3 Å². The molecule has 92 valence electrons. The van der Waals surface area contributed by atoms with Gasteiger partial charge in [0.05, 0.1) is 13.2 Å². The monoisotopic (exact) mass is 224 g/mol. The minimum atomic E-state index is 0.655. The number of hydrogen-bond acceptors (Lipinski definition) is 3. The quantitative estimate of drug-likeness (QED) is 0.627. The van der Waals surface area contributed by atoms with Gasteiger partial charge < -0.3 is 4.74 Å². The zero-order valence-electron chi connectivity index (χ0n) is 10.6. The van der Waals surface area contributed by atoms with Gasteiger partial charge in [0.1, 0.15) is 0 Å². The average Bonchev–Trinajstić information content (AvgIpc) is 2.29. The maximum Gasteiger partial charge on any atom is 0.0599 e. The summed E-state index contributed by atoms with van der Waals surface area (Å²) in [4.78, 5) is 4.92. The summed E-state index contributed by atoms with van der Waals surface area (Å²) in [7, 11) is 1.77. The SMILES string of the molecule is C#CCN1CCN(CCOC)[C@H](CCC)C1. The first kappa shape index (κ1) is 13.5. The van der Waals surface area contributed by atoms with E-state index < -0.39 is 0 Å². The van der Waals surface area contributed by atoms with Gasteiger partial charge in [0, 0.05) is 39.3 Å². The van der Waals surface area contributed by atoms with Crippen LogP contribution in [-0.4, -0.2) is 62.3 Å². The number of rotatable bonds is 6. The molecule has 3 heteroatoms. The molecule has 1 fully saturated rings. The maximum atomic E-state index is 5.37. The minimum Gasteiger partial charge on any atom is -0.383 e. The molecule has 1 rings (SSSR count). The molecule has 0 aromatic carbocycles. The first-order valence-corrected chi connectivity index (χ1v) is 6.20. The van der Waals surface area contributed by atoms with Crippen LogP contribution in [0.2, 0.25) is 0 Å². The molecule has 3 nitrogen and oxygen atoms in total. The van der Waals surface area contributed by atoms with E-state index in [0.717, 1.165) is 39.3 Å². The normalized spacial score (nSPS) is 23.2. The fraction of sp³-hybridized carbons (Fsp3) is 0.846. The predicted molar refractivity (Wildman–Crippen MR) is 67.4 cm³/mol. The first-order valence-electron chi connectivity index (χ1n) is 6.20. The van der Waals surface area contributed by atoms with Crippen molar-refractivity contribution in [3.05, 3.63) is 0 Å². The highest BCUT2D eigenvalue weighted by Gasteiger charge is 2.25. The highest BCUT2D eigenvalue weighted by molar-refractivity contribution is 4.92. The zero-order chi connectivity index (χ0) is 11.8. The summed E-state index contributed by atoms with van der Waals surface area (Å²) in [6, 6.07) is 0.655. The summed E-state index contributed by atoms with van der Waals surface area (Å²) < 4.78 is 5.16. The van der Waals surface area contributed by atoms with Gasteiger partial charge in [-0.2, -0.15) is 0 Å². The van der Waals surface area contributed by atoms with E-state index >= 15 is 0 Å². The van der Waals surface area contributed by atoms with Gasteiger partial charge in [-0.25, -0.2) is 0 Å². The van der Waals surface area contributed by atoms with Crippen molar-refractivity contribution in [3.63, 3.8) is 0 Å². The molecular formula is C13H24N2O. The standard InChI is InChI=1S/C13H24N2O/c1-4-6-13-12-14(7-5-2)8-9-15(13)10-11-16-3/h2,13H,4,6-12H2,1,3H3/t13-/m1/s1. The number of methoxy groups -OCH3 is 1. The van der Waals surface area contributed by atoms with E-state index in [-0.39, 0.29) is 0 Å². The Morgan fingerprint density at radius 1 is 1.44 bits per heavy atom. The fourth-order valence-corrected chi connectivity index (χ4v) is 2.34. The third-order valence-corrected chi connectivity index (χ3v) is 3.21. The van der Waals surface area contributed by atoms with Gasteiger partial charge in [0.2, 0.25) is 0 Å². The highest BCUT2D eigenvalue weighted by Crippen LogP contribution is 2.13. The molecule has 0 bridgehead atoms. The lowest BCUT2D eigenvalue weighted by Gasteiger charge is -2.40. The molecule has 1 atom stereocenters. The van der Waals surface area contributed by atoms with Crippen LogP contribution >= 0.6 is 0 Å². The smallest absolute Gasteiger partial charge is 0.0599 e. The van der Waals surface area contributed by atoms with Crippen LogP contribution < -0.4 is 0 Å². The molecule has 0 aliphatic carbocycles. The topological polar surface area (TPSA) is 15.7 Å². The van der Waals surface area contributed by atoms with Crippen LogP contribution in [0.5, 0.6) is 0 Å². The van der Waals surface area contributed by atoms with Crippen LogP contribution in [0.3, 0.4) is 0 Å². The Kier molecular flexibility index (Phi) is 6.47. The Balaban J connectivity index is 2.43. The molecule has 0 aromatic heterocycles. The zero-order valence-corrected chi connectivity index (χ0v) is 10.6. The molecule has 0 amide bonds. The third kappa shape index (κ3) is 4.13. The van der Waals surface area contributed by atoms with Crippen molar-refractivity contribution in [2.45, 2.75) is 25.8 Å². The van der Waals surface area contributed by atoms with Gasteiger partial charge >= 0.3 is 0 Å². The predicted octanol–water partition coefficient (Wildman–Crippen LogP) is 1.05. The second-order valence-corrected chi connectivity index (χ2v) is 4.41. The number of piperazine rings is 1. The Morgan fingerprint density at radius 3 is 2.88 bits per heavy atom. The fourth-order valence-electron chi connectivity index (χ4n) is 2.34. The van der Waals surface area contributed by atoms with Crippen molar-refractivity contribution in [1.82, 2.24) is 9.80 Å². The Bertz CT molecular complexity index is 224. The van der Waals surface area contributed by atoms with E-state index in [1.165, 1.54) is 12.8 Å². The lowest BCUT2D eigenvalue weighted by atomic mass is 10.1. The molecule has 1 saturated heterocycles. The molecule has 1 heterocycles. The Labute approximate surface area is 99.7 Å². The number of hydrogen-bond donors (Lipinski definition) is 0. The van der Waals surface area contributed by atoms with Gasteiger partial charge in [-0.05, 0) is 6.42 Å². The molecule has 0 aromatic rings. The molecule has 16 heavy (non-hydrogen) atoms. The summed E-state index contributed by atoms with van der Waals surface area (Å²) >= 11 is 0. The van der Waals surface area contributed by atoms with E-state index in [2.05, 4.69) is 22.6 Å². The number of terminal acetylenes is 1. The highest BCUT2D eigenvalue weighted by atomic mass is 16.5. The van der Waals surface area contributed by atoms with Gasteiger partial charge in [0.15, 0.2) is 0 Å². The number of ether oxygens (including phenoxy) is 1. The summed E-state index contributed by atoms with van der Waals surface area (Å²) in [5, 5.41) is 0. The van der Waals surface area contributed by atoms with E-state index in [1.807, 2.05) is 0 Å². The summed E-state index contributed by atoms with van der Waals surface area (Å²) in [6.45, 7) is 8.24. The van der Waals surface area contributed by atoms with E-state index in [9.17, 15) is 0 Å². The van der Waals surface area contributed by atoms with Crippen molar-refractivity contribution in [2.75, 3.05) is 46.4 Å². The Hall–Kier alpha value is -0.560. The van der Waals surface area contributed by atoms with E-state index in [0.29, 0.717) is 6.04 Å². The molecule has 0 radical (unpaired) electrons. The molecule has 0 N–H and O–H groups in total. The van der Waals surface area contributed by atoms with E-state index in [4.69, 9.17) is 11.2 Å². The van der Waals surface area contributed by atoms with Crippen molar-refractivity contribution >= 4 is 0 Å². The Morgan fingerprint density at radius 2 is 2.25 bits per heavy atom. The maximum absolute atomic E-state index is 5.37. The third-order valence-electron chi connectivity index (χ3n) is 3.21. The molecule has 0 unspecified atom stereocenters. The van der Waals surface area contributed by atoms with Crippen LogP contribution in [0.4, 0.5) is 0 Å². The van der Waals surface area contributed by atoms with Gasteiger partial charge in [-0.15, -0.1) is 6.42 Å². The van der Waals surface area contributed by atoms with Crippen molar-refractivity contribution in [2.24, 2.45) is 0 Å². The molecule has 0 spiro atoms. The van der Waals surface area contributed by atoms with Crippen molar-refractivity contribution < 1.29 is 4.74 Å². The van der Waals surface area contributed by atoms with Crippen LogP contribution in [0.15, 0.2) is 0 Å². The van der Waals surface area contributed by atoms with Crippen LogP contribution in [0.25, 0.3) is 0 Å². The lowest BCUT2D eigenvalue weighted by molar-refractivity contribution is 0.0530. The van der Waals surface area contributed by atoms with Crippen LogP contribution in [-0.2, 0) is 4.74 Å². The molecule has 0 saturated carbocycles.